The Kier molecular flexibility index (Phi) is 5.13. The molecular weight excluding hydrogens is 264 g/mol. The summed E-state index contributed by atoms with van der Waals surface area (Å²) in [7, 11) is 0. The standard InChI is InChI=1S/C10H12O5S2/c1-5(11)17-4-8(12)9(13)6-2-16-3-7(6)10(14)15/h2-3,8-9,12-13H,4H2,1H3,(H,14,15). The Bertz CT molecular complexity index is 415. The maximum Gasteiger partial charge on any atom is 0.336 e. The Balaban J connectivity index is 2.74. The van der Waals surface area contributed by atoms with Crippen LogP contribution < -0.4 is 0 Å². The molecule has 94 valence electrons. The van der Waals surface area contributed by atoms with E-state index in [1.807, 2.05) is 0 Å². The summed E-state index contributed by atoms with van der Waals surface area (Å²) in [5, 5.41) is 31.0. The molecule has 0 aromatic carbocycles. The number of rotatable bonds is 5. The second kappa shape index (κ2) is 6.15. The third-order valence-corrected chi connectivity index (χ3v) is 3.74. The van der Waals surface area contributed by atoms with E-state index in [9.17, 15) is 19.8 Å². The fourth-order valence-corrected chi connectivity index (χ4v) is 2.65. The first-order valence-corrected chi connectivity index (χ1v) is 6.65. The van der Waals surface area contributed by atoms with Crippen molar-refractivity contribution in [3.8, 4) is 0 Å². The van der Waals surface area contributed by atoms with E-state index in [1.54, 1.807) is 0 Å². The monoisotopic (exact) mass is 276 g/mol. The van der Waals surface area contributed by atoms with Crippen molar-refractivity contribution in [2.45, 2.75) is 19.1 Å². The molecule has 17 heavy (non-hydrogen) atoms. The summed E-state index contributed by atoms with van der Waals surface area (Å²) in [6.45, 7) is 1.36. The lowest BCUT2D eigenvalue weighted by Gasteiger charge is -2.16. The zero-order valence-corrected chi connectivity index (χ0v) is 10.6. The number of thioether (sulfide) groups is 1. The minimum absolute atomic E-state index is 0.0191. The number of carbonyl (C=O) groups excluding carboxylic acids is 1. The van der Waals surface area contributed by atoms with Crippen LogP contribution in [0.4, 0.5) is 0 Å². The van der Waals surface area contributed by atoms with Crippen LogP contribution >= 0.6 is 23.1 Å². The fraction of sp³-hybridized carbons (Fsp3) is 0.400. The zero-order valence-electron chi connectivity index (χ0n) is 8.99. The van der Waals surface area contributed by atoms with Gasteiger partial charge in [-0.25, -0.2) is 4.79 Å². The van der Waals surface area contributed by atoms with Crippen LogP contribution in [-0.4, -0.2) is 38.3 Å². The predicted molar refractivity (Wildman–Crippen MR) is 65.4 cm³/mol. The van der Waals surface area contributed by atoms with Crippen molar-refractivity contribution in [3.05, 3.63) is 21.9 Å². The summed E-state index contributed by atoms with van der Waals surface area (Å²) in [6, 6.07) is 0. The van der Waals surface area contributed by atoms with Gasteiger partial charge in [0, 0.05) is 23.6 Å². The molecule has 0 saturated carbocycles. The quantitative estimate of drug-likeness (QED) is 0.746. The highest BCUT2D eigenvalue weighted by Gasteiger charge is 2.24. The van der Waals surface area contributed by atoms with E-state index in [4.69, 9.17) is 5.11 Å². The van der Waals surface area contributed by atoms with Gasteiger partial charge in [-0.05, 0) is 5.38 Å². The van der Waals surface area contributed by atoms with E-state index in [1.165, 1.54) is 17.7 Å². The highest BCUT2D eigenvalue weighted by atomic mass is 32.2. The second-order valence-corrected chi connectivity index (χ2v) is 5.30. The normalized spacial score (nSPS) is 14.3. The van der Waals surface area contributed by atoms with E-state index >= 15 is 0 Å². The molecule has 7 heteroatoms. The van der Waals surface area contributed by atoms with Crippen molar-refractivity contribution >= 4 is 34.2 Å². The van der Waals surface area contributed by atoms with Gasteiger partial charge in [-0.1, -0.05) is 11.8 Å². The largest absolute Gasteiger partial charge is 0.478 e. The Morgan fingerprint density at radius 2 is 2.06 bits per heavy atom. The number of carboxylic acids is 1. The molecule has 0 radical (unpaired) electrons. The van der Waals surface area contributed by atoms with Gasteiger partial charge in [0.1, 0.15) is 6.10 Å². The lowest BCUT2D eigenvalue weighted by Crippen LogP contribution is -2.22. The molecule has 0 amide bonds. The van der Waals surface area contributed by atoms with E-state index in [0.29, 0.717) is 0 Å². The van der Waals surface area contributed by atoms with Gasteiger partial charge < -0.3 is 15.3 Å². The van der Waals surface area contributed by atoms with E-state index in [0.717, 1.165) is 23.1 Å². The molecule has 5 nitrogen and oxygen atoms in total. The first-order chi connectivity index (χ1) is 7.93. The highest BCUT2D eigenvalue weighted by Crippen LogP contribution is 2.26. The van der Waals surface area contributed by atoms with Crippen molar-refractivity contribution in [3.63, 3.8) is 0 Å². The van der Waals surface area contributed by atoms with Gasteiger partial charge in [0.15, 0.2) is 5.12 Å². The Labute approximate surface area is 106 Å². The van der Waals surface area contributed by atoms with Crippen molar-refractivity contribution in [2.24, 2.45) is 0 Å². The number of hydrogen-bond donors (Lipinski definition) is 3. The Hall–Kier alpha value is -0.890. The van der Waals surface area contributed by atoms with Crippen molar-refractivity contribution in [1.29, 1.82) is 0 Å². The van der Waals surface area contributed by atoms with Crippen LogP contribution in [0.2, 0.25) is 0 Å². The molecule has 0 spiro atoms. The third-order valence-electron chi connectivity index (χ3n) is 2.06. The lowest BCUT2D eigenvalue weighted by molar-refractivity contribution is -0.109. The number of carbonyl (C=O) groups is 2. The van der Waals surface area contributed by atoms with Crippen molar-refractivity contribution in [2.75, 3.05) is 5.75 Å². The molecule has 0 aliphatic rings. The summed E-state index contributed by atoms with van der Waals surface area (Å²) >= 11 is 2.03. The maximum absolute atomic E-state index is 10.8. The molecule has 0 bridgehead atoms. The zero-order chi connectivity index (χ0) is 13.0. The Morgan fingerprint density at radius 3 is 2.59 bits per heavy atom. The summed E-state index contributed by atoms with van der Waals surface area (Å²) in [5.41, 5.74) is 0.161. The molecule has 0 aliphatic heterocycles. The smallest absolute Gasteiger partial charge is 0.336 e. The van der Waals surface area contributed by atoms with Gasteiger partial charge in [-0.3, -0.25) is 4.79 Å². The molecule has 2 unspecified atom stereocenters. The number of carboxylic acid groups (broad SMARTS) is 1. The number of aromatic carboxylic acids is 1. The van der Waals surface area contributed by atoms with Crippen LogP contribution in [0.5, 0.6) is 0 Å². The third kappa shape index (κ3) is 3.81. The van der Waals surface area contributed by atoms with Crippen LogP contribution in [-0.2, 0) is 4.79 Å². The SMILES string of the molecule is CC(=O)SCC(O)C(O)c1cscc1C(=O)O. The van der Waals surface area contributed by atoms with Gasteiger partial charge in [0.05, 0.1) is 11.7 Å². The summed E-state index contributed by atoms with van der Waals surface area (Å²) in [5.74, 6) is -1.11. The topological polar surface area (TPSA) is 94.8 Å². The molecule has 1 rings (SSSR count). The van der Waals surface area contributed by atoms with E-state index in [2.05, 4.69) is 0 Å². The van der Waals surface area contributed by atoms with Gasteiger partial charge in [0.25, 0.3) is 0 Å². The van der Waals surface area contributed by atoms with E-state index in [-0.39, 0.29) is 22.0 Å². The maximum atomic E-state index is 10.8. The fourth-order valence-electron chi connectivity index (χ4n) is 1.21. The van der Waals surface area contributed by atoms with Gasteiger partial charge in [-0.15, -0.1) is 0 Å². The number of aliphatic hydroxyl groups excluding tert-OH is 2. The highest BCUT2D eigenvalue weighted by molar-refractivity contribution is 8.13. The van der Waals surface area contributed by atoms with Crippen LogP contribution in [0.15, 0.2) is 10.8 Å². The number of thiophene rings is 1. The second-order valence-electron chi connectivity index (χ2n) is 3.36. The first kappa shape index (κ1) is 14.2. The molecule has 2 atom stereocenters. The summed E-state index contributed by atoms with van der Waals surface area (Å²) in [6.07, 6.45) is -2.46. The number of hydrogen-bond acceptors (Lipinski definition) is 6. The van der Waals surface area contributed by atoms with Crippen LogP contribution in [0.1, 0.15) is 28.9 Å². The summed E-state index contributed by atoms with van der Waals surface area (Å²) in [4.78, 5) is 21.5. The molecule has 1 aromatic rings. The number of aliphatic hydroxyl groups is 2. The molecular formula is C10H12O5S2. The summed E-state index contributed by atoms with van der Waals surface area (Å²) < 4.78 is 0. The molecule has 0 aliphatic carbocycles. The molecule has 1 aromatic heterocycles. The van der Waals surface area contributed by atoms with Crippen molar-refractivity contribution in [1.82, 2.24) is 0 Å². The van der Waals surface area contributed by atoms with E-state index < -0.39 is 18.2 Å². The van der Waals surface area contributed by atoms with Crippen LogP contribution in [0.3, 0.4) is 0 Å². The van der Waals surface area contributed by atoms with Crippen LogP contribution in [0.25, 0.3) is 0 Å². The minimum atomic E-state index is -1.29. The predicted octanol–water partition coefficient (Wildman–Crippen LogP) is 1.12. The molecule has 1 heterocycles. The average Bonchev–Trinajstić information content (AvgIpc) is 2.73. The molecule has 0 fully saturated rings. The average molecular weight is 276 g/mol. The molecule has 3 N–H and O–H groups in total. The van der Waals surface area contributed by atoms with Crippen LogP contribution in [0, 0.1) is 0 Å². The minimum Gasteiger partial charge on any atom is -0.478 e. The van der Waals surface area contributed by atoms with Gasteiger partial charge >= 0.3 is 5.97 Å². The van der Waals surface area contributed by atoms with Gasteiger partial charge in [-0.2, -0.15) is 11.3 Å². The van der Waals surface area contributed by atoms with Crippen molar-refractivity contribution < 1.29 is 24.9 Å². The van der Waals surface area contributed by atoms with Gasteiger partial charge in [0.2, 0.25) is 0 Å². The lowest BCUT2D eigenvalue weighted by atomic mass is 10.0. The molecule has 0 saturated heterocycles. The Morgan fingerprint density at radius 1 is 1.41 bits per heavy atom. The first-order valence-electron chi connectivity index (χ1n) is 4.72.